The molecule has 126 valence electrons. The highest BCUT2D eigenvalue weighted by atomic mass is 35.5. The van der Waals surface area contributed by atoms with Crippen molar-refractivity contribution < 1.29 is 9.72 Å². The summed E-state index contributed by atoms with van der Waals surface area (Å²) in [5.74, 6) is -0.543. The lowest BCUT2D eigenvalue weighted by molar-refractivity contribution is -0.385. The molecule has 2 aromatic carbocycles. The van der Waals surface area contributed by atoms with Gasteiger partial charge >= 0.3 is 0 Å². The SMILES string of the molecule is O=C(NCc1ccccc1-n1cccn1)c1ccc(Cl)cc1[N+](=O)[O-]. The summed E-state index contributed by atoms with van der Waals surface area (Å²) in [6.45, 7) is 0.203. The number of nitro groups is 1. The second-order valence-electron chi connectivity index (χ2n) is 5.18. The molecular formula is C17H13ClN4O3. The van der Waals surface area contributed by atoms with Crippen LogP contribution in [0.1, 0.15) is 15.9 Å². The lowest BCUT2D eigenvalue weighted by Gasteiger charge is -2.11. The fourth-order valence-corrected chi connectivity index (χ4v) is 2.58. The minimum atomic E-state index is -0.627. The van der Waals surface area contributed by atoms with Gasteiger partial charge in [-0.15, -0.1) is 0 Å². The second-order valence-corrected chi connectivity index (χ2v) is 5.62. The molecule has 0 unspecified atom stereocenters. The first-order valence-electron chi connectivity index (χ1n) is 7.36. The molecule has 3 rings (SSSR count). The van der Waals surface area contributed by atoms with Crippen LogP contribution in [-0.4, -0.2) is 20.6 Å². The van der Waals surface area contributed by atoms with E-state index in [1.54, 1.807) is 23.1 Å². The molecule has 3 aromatic rings. The number of benzene rings is 2. The molecule has 1 amide bonds. The number of carbonyl (C=O) groups excluding carboxylic acids is 1. The van der Waals surface area contributed by atoms with Crippen LogP contribution >= 0.6 is 11.6 Å². The van der Waals surface area contributed by atoms with Crippen LogP contribution < -0.4 is 5.32 Å². The van der Waals surface area contributed by atoms with E-state index in [9.17, 15) is 14.9 Å². The molecule has 0 bridgehead atoms. The number of nitrogens with zero attached hydrogens (tertiary/aromatic N) is 3. The van der Waals surface area contributed by atoms with E-state index in [-0.39, 0.29) is 22.8 Å². The van der Waals surface area contributed by atoms with Crippen molar-refractivity contribution in [2.45, 2.75) is 6.54 Å². The van der Waals surface area contributed by atoms with E-state index < -0.39 is 10.8 Å². The van der Waals surface area contributed by atoms with Crippen molar-refractivity contribution in [2.75, 3.05) is 0 Å². The average molecular weight is 357 g/mol. The molecule has 0 spiro atoms. The Kier molecular flexibility index (Phi) is 4.76. The third-order valence-corrected chi connectivity index (χ3v) is 3.82. The Morgan fingerprint density at radius 1 is 1.24 bits per heavy atom. The Morgan fingerprint density at radius 3 is 2.76 bits per heavy atom. The monoisotopic (exact) mass is 356 g/mol. The van der Waals surface area contributed by atoms with E-state index in [1.807, 2.05) is 24.3 Å². The number of para-hydroxylation sites is 1. The molecule has 7 nitrogen and oxygen atoms in total. The first-order valence-corrected chi connectivity index (χ1v) is 7.74. The third-order valence-electron chi connectivity index (χ3n) is 3.58. The molecule has 0 saturated heterocycles. The van der Waals surface area contributed by atoms with Gasteiger partial charge in [0.25, 0.3) is 11.6 Å². The van der Waals surface area contributed by atoms with Gasteiger partial charge in [-0.3, -0.25) is 14.9 Å². The smallest absolute Gasteiger partial charge is 0.283 e. The van der Waals surface area contributed by atoms with E-state index in [1.165, 1.54) is 12.1 Å². The summed E-state index contributed by atoms with van der Waals surface area (Å²) in [6.07, 6.45) is 3.46. The number of amides is 1. The van der Waals surface area contributed by atoms with Crippen LogP contribution in [0.2, 0.25) is 5.02 Å². The van der Waals surface area contributed by atoms with Gasteiger partial charge in [0.1, 0.15) is 5.56 Å². The molecule has 0 atom stereocenters. The predicted molar refractivity (Wildman–Crippen MR) is 92.8 cm³/mol. The van der Waals surface area contributed by atoms with Crippen molar-refractivity contribution in [3.8, 4) is 5.69 Å². The molecular weight excluding hydrogens is 344 g/mol. The summed E-state index contributed by atoms with van der Waals surface area (Å²) in [4.78, 5) is 22.9. The number of hydrogen-bond donors (Lipinski definition) is 1. The zero-order chi connectivity index (χ0) is 17.8. The first kappa shape index (κ1) is 16.7. The quantitative estimate of drug-likeness (QED) is 0.560. The number of nitrogens with one attached hydrogen (secondary N) is 1. The lowest BCUT2D eigenvalue weighted by atomic mass is 10.1. The van der Waals surface area contributed by atoms with Gasteiger partial charge in [0.05, 0.1) is 10.6 Å². The van der Waals surface area contributed by atoms with Gasteiger partial charge in [0.15, 0.2) is 0 Å². The van der Waals surface area contributed by atoms with Crippen molar-refractivity contribution in [2.24, 2.45) is 0 Å². The maximum atomic E-state index is 12.4. The molecule has 0 aliphatic rings. The highest BCUT2D eigenvalue weighted by Crippen LogP contribution is 2.23. The number of carbonyl (C=O) groups is 1. The molecule has 25 heavy (non-hydrogen) atoms. The van der Waals surface area contributed by atoms with Gasteiger partial charge in [-0.2, -0.15) is 5.10 Å². The zero-order valence-corrected chi connectivity index (χ0v) is 13.7. The Hall–Kier alpha value is -3.19. The van der Waals surface area contributed by atoms with Gasteiger partial charge in [0, 0.05) is 30.0 Å². The normalized spacial score (nSPS) is 10.4. The largest absolute Gasteiger partial charge is 0.348 e. The van der Waals surface area contributed by atoms with Gasteiger partial charge in [-0.05, 0) is 29.8 Å². The van der Waals surface area contributed by atoms with Crippen LogP contribution in [0.4, 0.5) is 5.69 Å². The molecule has 0 fully saturated rings. The van der Waals surface area contributed by atoms with Crippen LogP contribution in [0.15, 0.2) is 60.9 Å². The average Bonchev–Trinajstić information content (AvgIpc) is 3.14. The Labute approximate surface area is 148 Å². The summed E-state index contributed by atoms with van der Waals surface area (Å²) >= 11 is 5.77. The van der Waals surface area contributed by atoms with E-state index in [0.717, 1.165) is 17.3 Å². The standard InChI is InChI=1S/C17H13ClN4O3/c18-13-6-7-14(16(10-13)22(24)25)17(23)19-11-12-4-1-2-5-15(12)21-9-3-8-20-21/h1-10H,11H2,(H,19,23). The number of aromatic nitrogens is 2. The number of rotatable bonds is 5. The minimum absolute atomic E-state index is 0.0361. The fraction of sp³-hybridized carbons (Fsp3) is 0.0588. The summed E-state index contributed by atoms with van der Waals surface area (Å²) in [7, 11) is 0. The molecule has 0 saturated carbocycles. The molecule has 0 aliphatic heterocycles. The third kappa shape index (κ3) is 3.67. The molecule has 0 aliphatic carbocycles. The highest BCUT2D eigenvalue weighted by Gasteiger charge is 2.20. The van der Waals surface area contributed by atoms with E-state index in [2.05, 4.69) is 10.4 Å². The zero-order valence-electron chi connectivity index (χ0n) is 12.9. The van der Waals surface area contributed by atoms with E-state index in [0.29, 0.717) is 0 Å². The Bertz CT molecular complexity index is 925. The molecule has 1 N–H and O–H groups in total. The Morgan fingerprint density at radius 2 is 2.04 bits per heavy atom. The topological polar surface area (TPSA) is 90.1 Å². The lowest BCUT2D eigenvalue weighted by Crippen LogP contribution is -2.24. The molecule has 0 radical (unpaired) electrons. The van der Waals surface area contributed by atoms with Gasteiger partial charge in [0.2, 0.25) is 0 Å². The van der Waals surface area contributed by atoms with Crippen LogP contribution in [0.3, 0.4) is 0 Å². The predicted octanol–water partition coefficient (Wildman–Crippen LogP) is 3.36. The summed E-state index contributed by atoms with van der Waals surface area (Å²) in [5.41, 5.74) is 1.28. The summed E-state index contributed by atoms with van der Waals surface area (Å²) in [5, 5.41) is 18.2. The second kappa shape index (κ2) is 7.14. The summed E-state index contributed by atoms with van der Waals surface area (Å²) < 4.78 is 1.69. The number of nitro benzene ring substituents is 1. The fourth-order valence-electron chi connectivity index (χ4n) is 2.41. The number of halogens is 1. The maximum absolute atomic E-state index is 12.4. The van der Waals surface area contributed by atoms with E-state index >= 15 is 0 Å². The van der Waals surface area contributed by atoms with Crippen molar-refractivity contribution >= 4 is 23.2 Å². The van der Waals surface area contributed by atoms with Crippen molar-refractivity contribution in [1.82, 2.24) is 15.1 Å². The van der Waals surface area contributed by atoms with Gasteiger partial charge < -0.3 is 5.32 Å². The minimum Gasteiger partial charge on any atom is -0.348 e. The van der Waals surface area contributed by atoms with Crippen molar-refractivity contribution in [3.63, 3.8) is 0 Å². The Balaban J connectivity index is 1.82. The van der Waals surface area contributed by atoms with Crippen molar-refractivity contribution in [1.29, 1.82) is 0 Å². The number of hydrogen-bond acceptors (Lipinski definition) is 4. The van der Waals surface area contributed by atoms with Crippen LogP contribution in [-0.2, 0) is 6.54 Å². The first-order chi connectivity index (χ1) is 12.1. The van der Waals surface area contributed by atoms with E-state index in [4.69, 9.17) is 11.6 Å². The molecule has 1 heterocycles. The summed E-state index contributed by atoms with van der Waals surface area (Å²) in [6, 6.07) is 13.2. The molecule has 1 aromatic heterocycles. The van der Waals surface area contributed by atoms with Gasteiger partial charge in [-0.1, -0.05) is 29.8 Å². The van der Waals surface area contributed by atoms with Crippen molar-refractivity contribution in [3.05, 3.63) is 87.2 Å². The van der Waals surface area contributed by atoms with Gasteiger partial charge in [-0.25, -0.2) is 4.68 Å². The van der Waals surface area contributed by atoms with Crippen LogP contribution in [0, 0.1) is 10.1 Å². The van der Waals surface area contributed by atoms with Crippen LogP contribution in [0.25, 0.3) is 5.69 Å². The highest BCUT2D eigenvalue weighted by molar-refractivity contribution is 6.31. The molecule has 8 heteroatoms. The maximum Gasteiger partial charge on any atom is 0.283 e. The van der Waals surface area contributed by atoms with Crippen LogP contribution in [0.5, 0.6) is 0 Å².